The van der Waals surface area contributed by atoms with Gasteiger partial charge in [0, 0.05) is 18.4 Å². The van der Waals surface area contributed by atoms with Crippen molar-refractivity contribution >= 4 is 11.6 Å². The first-order valence-electron chi connectivity index (χ1n) is 7.59. The van der Waals surface area contributed by atoms with Gasteiger partial charge < -0.3 is 10.6 Å². The first-order chi connectivity index (χ1) is 12.1. The Morgan fingerprint density at radius 3 is 2.80 bits per heavy atom. The molecule has 0 aliphatic carbocycles. The zero-order valence-corrected chi connectivity index (χ0v) is 13.4. The number of benzene rings is 1. The lowest BCUT2D eigenvalue weighted by Crippen LogP contribution is -2.30. The summed E-state index contributed by atoms with van der Waals surface area (Å²) in [5.41, 5.74) is 1.62. The molecule has 0 aliphatic rings. The first-order valence-corrected chi connectivity index (χ1v) is 7.59. The number of pyridine rings is 1. The van der Waals surface area contributed by atoms with E-state index in [4.69, 9.17) is 0 Å². The number of nitrogens with zero attached hydrogens (tertiary/aromatic N) is 5. The third-order valence-corrected chi connectivity index (χ3v) is 3.61. The number of rotatable bonds is 6. The van der Waals surface area contributed by atoms with Crippen molar-refractivity contribution in [2.24, 2.45) is 0 Å². The summed E-state index contributed by atoms with van der Waals surface area (Å²) < 4.78 is 15.3. The average Bonchev–Trinajstić information content (AvgIpc) is 3.17. The number of amides is 1. The number of aromatic nitrogens is 5. The van der Waals surface area contributed by atoms with Gasteiger partial charge in [0.2, 0.25) is 5.91 Å². The largest absolute Gasteiger partial charge is 0.322 e. The van der Waals surface area contributed by atoms with Crippen molar-refractivity contribution < 1.29 is 9.18 Å². The highest BCUT2D eigenvalue weighted by molar-refractivity contribution is 5.92. The second-order valence-corrected chi connectivity index (χ2v) is 5.35. The summed E-state index contributed by atoms with van der Waals surface area (Å²) in [6.45, 7) is 1.97. The zero-order chi connectivity index (χ0) is 17.6. The van der Waals surface area contributed by atoms with E-state index in [2.05, 4.69) is 31.1 Å². The van der Waals surface area contributed by atoms with E-state index in [9.17, 15) is 9.18 Å². The Labute approximate surface area is 143 Å². The van der Waals surface area contributed by atoms with Crippen LogP contribution in [0.1, 0.15) is 18.5 Å². The van der Waals surface area contributed by atoms with Crippen molar-refractivity contribution in [3.8, 4) is 5.69 Å². The highest BCUT2D eigenvalue weighted by Crippen LogP contribution is 2.18. The van der Waals surface area contributed by atoms with Crippen LogP contribution in [0.5, 0.6) is 0 Å². The van der Waals surface area contributed by atoms with Crippen LogP contribution in [-0.2, 0) is 4.79 Å². The number of carbonyl (C=O) groups is 1. The Hall–Kier alpha value is -3.20. The summed E-state index contributed by atoms with van der Waals surface area (Å²) in [6, 6.07) is 7.93. The number of anilines is 1. The second kappa shape index (κ2) is 7.58. The molecule has 3 rings (SSSR count). The number of carbonyl (C=O) groups excluding carboxylic acids is 1. The highest BCUT2D eigenvalue weighted by Gasteiger charge is 2.11. The molecule has 0 saturated carbocycles. The third kappa shape index (κ3) is 4.21. The number of tetrazole rings is 1. The fourth-order valence-electron chi connectivity index (χ4n) is 2.24. The van der Waals surface area contributed by atoms with Crippen LogP contribution in [0.15, 0.2) is 49.1 Å². The van der Waals surface area contributed by atoms with Gasteiger partial charge in [-0.15, -0.1) is 5.10 Å². The second-order valence-electron chi connectivity index (χ2n) is 5.35. The van der Waals surface area contributed by atoms with Crippen molar-refractivity contribution in [1.82, 2.24) is 30.5 Å². The van der Waals surface area contributed by atoms with Gasteiger partial charge in [0.25, 0.3) is 0 Å². The molecule has 0 saturated heterocycles. The molecule has 1 atom stereocenters. The highest BCUT2D eigenvalue weighted by atomic mass is 19.1. The Kier molecular flexibility index (Phi) is 5.05. The number of hydrogen-bond acceptors (Lipinski definition) is 6. The maximum Gasteiger partial charge on any atom is 0.238 e. The third-order valence-electron chi connectivity index (χ3n) is 3.61. The Morgan fingerprint density at radius 1 is 1.28 bits per heavy atom. The van der Waals surface area contributed by atoms with Crippen molar-refractivity contribution in [2.45, 2.75) is 13.0 Å². The van der Waals surface area contributed by atoms with Gasteiger partial charge in [0.1, 0.15) is 12.1 Å². The van der Waals surface area contributed by atoms with E-state index in [0.29, 0.717) is 5.69 Å². The SMILES string of the molecule is CC(NCC(=O)Nc1cc(-n2cnnn2)ccc1F)c1ccncc1. The molecular weight excluding hydrogens is 325 g/mol. The lowest BCUT2D eigenvalue weighted by atomic mass is 10.1. The molecule has 0 fully saturated rings. The Morgan fingerprint density at radius 2 is 2.08 bits per heavy atom. The van der Waals surface area contributed by atoms with Gasteiger partial charge in [-0.05, 0) is 53.2 Å². The molecule has 3 aromatic rings. The summed E-state index contributed by atoms with van der Waals surface area (Å²) >= 11 is 0. The molecule has 128 valence electrons. The quantitative estimate of drug-likeness (QED) is 0.705. The molecule has 9 heteroatoms. The molecule has 2 heterocycles. The van der Waals surface area contributed by atoms with Gasteiger partial charge in [-0.3, -0.25) is 9.78 Å². The topological polar surface area (TPSA) is 97.6 Å². The molecule has 1 aromatic carbocycles. The van der Waals surface area contributed by atoms with Crippen molar-refractivity contribution in [1.29, 1.82) is 0 Å². The van der Waals surface area contributed by atoms with Gasteiger partial charge in [-0.1, -0.05) is 0 Å². The summed E-state index contributed by atoms with van der Waals surface area (Å²) in [7, 11) is 0. The van der Waals surface area contributed by atoms with Crippen molar-refractivity contribution in [3.63, 3.8) is 0 Å². The number of hydrogen-bond donors (Lipinski definition) is 2. The number of halogens is 1. The normalized spacial score (nSPS) is 11.9. The fourth-order valence-corrected chi connectivity index (χ4v) is 2.24. The zero-order valence-electron chi connectivity index (χ0n) is 13.4. The molecule has 1 unspecified atom stereocenters. The summed E-state index contributed by atoms with van der Waals surface area (Å²) in [4.78, 5) is 16.1. The Bertz CT molecular complexity index is 839. The minimum atomic E-state index is -0.535. The molecule has 0 spiro atoms. The van der Waals surface area contributed by atoms with Gasteiger partial charge in [-0.2, -0.15) is 0 Å². The van der Waals surface area contributed by atoms with E-state index in [1.54, 1.807) is 12.4 Å². The maximum atomic E-state index is 13.9. The summed E-state index contributed by atoms with van der Waals surface area (Å²) in [5.74, 6) is -0.888. The summed E-state index contributed by atoms with van der Waals surface area (Å²) in [6.07, 6.45) is 4.76. The van der Waals surface area contributed by atoms with E-state index >= 15 is 0 Å². The molecule has 0 aliphatic heterocycles. The molecule has 0 bridgehead atoms. The van der Waals surface area contributed by atoms with Gasteiger partial charge in [0.05, 0.1) is 17.9 Å². The minimum absolute atomic E-state index is 0.0360. The molecule has 0 radical (unpaired) electrons. The van der Waals surface area contributed by atoms with E-state index in [1.165, 1.54) is 29.2 Å². The van der Waals surface area contributed by atoms with Crippen LogP contribution in [-0.4, -0.2) is 37.6 Å². The lowest BCUT2D eigenvalue weighted by Gasteiger charge is -2.14. The van der Waals surface area contributed by atoms with E-state index in [-0.39, 0.29) is 24.2 Å². The summed E-state index contributed by atoms with van der Waals surface area (Å²) in [5, 5.41) is 16.4. The van der Waals surface area contributed by atoms with Crippen LogP contribution in [0.25, 0.3) is 5.69 Å². The van der Waals surface area contributed by atoms with Crippen LogP contribution in [0.2, 0.25) is 0 Å². The smallest absolute Gasteiger partial charge is 0.238 e. The van der Waals surface area contributed by atoms with E-state index in [1.807, 2.05) is 19.1 Å². The van der Waals surface area contributed by atoms with Gasteiger partial charge in [-0.25, -0.2) is 9.07 Å². The van der Waals surface area contributed by atoms with Gasteiger partial charge in [0.15, 0.2) is 0 Å². The molecule has 8 nitrogen and oxygen atoms in total. The van der Waals surface area contributed by atoms with Gasteiger partial charge >= 0.3 is 0 Å². The van der Waals surface area contributed by atoms with E-state index in [0.717, 1.165) is 5.56 Å². The van der Waals surface area contributed by atoms with Crippen LogP contribution in [0.4, 0.5) is 10.1 Å². The minimum Gasteiger partial charge on any atom is -0.322 e. The standard InChI is InChI=1S/C16H16FN7O/c1-11(12-4-6-18-7-5-12)19-9-16(25)21-15-8-13(2-3-14(15)17)24-10-20-22-23-24/h2-8,10-11,19H,9H2,1H3,(H,21,25). The lowest BCUT2D eigenvalue weighted by molar-refractivity contribution is -0.115. The molecule has 25 heavy (non-hydrogen) atoms. The predicted molar refractivity (Wildman–Crippen MR) is 88.4 cm³/mol. The Balaban J connectivity index is 1.62. The van der Waals surface area contributed by atoms with E-state index < -0.39 is 5.82 Å². The van der Waals surface area contributed by atoms with Crippen molar-refractivity contribution in [3.05, 3.63) is 60.4 Å². The first kappa shape index (κ1) is 16.7. The molecular formula is C16H16FN7O. The molecule has 1 amide bonds. The molecule has 2 aromatic heterocycles. The van der Waals surface area contributed by atoms with Crippen molar-refractivity contribution in [2.75, 3.05) is 11.9 Å². The van der Waals surface area contributed by atoms with Crippen LogP contribution in [0, 0.1) is 5.82 Å². The molecule has 2 N–H and O–H groups in total. The fraction of sp³-hybridized carbons (Fsp3) is 0.188. The van der Waals surface area contributed by atoms with Crippen LogP contribution < -0.4 is 10.6 Å². The monoisotopic (exact) mass is 341 g/mol. The number of nitrogens with one attached hydrogen (secondary N) is 2. The predicted octanol–water partition coefficient (Wildman–Crippen LogP) is 1.49. The van der Waals surface area contributed by atoms with Crippen LogP contribution in [0.3, 0.4) is 0 Å². The average molecular weight is 341 g/mol. The van der Waals surface area contributed by atoms with Crippen LogP contribution >= 0.6 is 0 Å². The maximum absolute atomic E-state index is 13.9.